The monoisotopic (exact) mass is 380 g/mol. The summed E-state index contributed by atoms with van der Waals surface area (Å²) in [6, 6.07) is 3.66. The van der Waals surface area contributed by atoms with Gasteiger partial charge < -0.3 is 19.9 Å². The average molecular weight is 381 g/mol. The molecule has 0 amide bonds. The number of hydrogen-bond donors (Lipinski definition) is 3. The van der Waals surface area contributed by atoms with Gasteiger partial charge in [0.15, 0.2) is 17.4 Å². The zero-order valence-corrected chi connectivity index (χ0v) is 14.7. The third-order valence-electron chi connectivity index (χ3n) is 4.75. The molecule has 2 heterocycles. The van der Waals surface area contributed by atoms with Gasteiger partial charge in [0.25, 0.3) is 0 Å². The lowest BCUT2D eigenvalue weighted by Crippen LogP contribution is -2.42. The molecular formula is C17H21BrN2O3. The molecule has 23 heavy (non-hydrogen) atoms. The van der Waals surface area contributed by atoms with Crippen molar-refractivity contribution in [2.24, 2.45) is 0 Å². The minimum Gasteiger partial charge on any atom is -0.504 e. The molecule has 6 heteroatoms. The second-order valence-corrected chi connectivity index (χ2v) is 6.21. The molecule has 2 aromatic rings. The second kappa shape index (κ2) is 6.17. The number of aryl methyl sites for hydroxylation is 2. The van der Waals surface area contributed by atoms with Crippen molar-refractivity contribution in [1.29, 1.82) is 0 Å². The molecule has 1 aromatic heterocycles. The van der Waals surface area contributed by atoms with Gasteiger partial charge in [-0.2, -0.15) is 0 Å². The number of aromatic hydroxyl groups is 2. The summed E-state index contributed by atoms with van der Waals surface area (Å²) in [6.45, 7) is 2.85. The van der Waals surface area contributed by atoms with E-state index in [1.54, 1.807) is 12.1 Å². The Balaban J connectivity index is 0.00000156. The first kappa shape index (κ1) is 16.3. The highest BCUT2D eigenvalue weighted by molar-refractivity contribution is 8.93. The van der Waals surface area contributed by atoms with E-state index in [1.165, 1.54) is 0 Å². The molecule has 0 fully saturated rings. The smallest absolute Gasteiger partial charge is 0.194 e. The molecule has 0 bridgehead atoms. The number of aromatic nitrogens is 1. The maximum absolute atomic E-state index is 9.89. The first-order chi connectivity index (χ1) is 10.7. The Labute approximate surface area is 145 Å². The number of phenols is 2. The van der Waals surface area contributed by atoms with Gasteiger partial charge in [-0.05, 0) is 42.5 Å². The maximum atomic E-state index is 9.89. The lowest BCUT2D eigenvalue weighted by atomic mass is 9.75. The van der Waals surface area contributed by atoms with Crippen LogP contribution in [0, 0.1) is 0 Å². The number of oxazole rings is 1. The number of fused-ring (bicyclic) bond motifs is 5. The van der Waals surface area contributed by atoms with E-state index in [1.807, 2.05) is 0 Å². The molecule has 2 atom stereocenters. The first-order valence-electron chi connectivity index (χ1n) is 7.94. The third kappa shape index (κ3) is 2.64. The Hall–Kier alpha value is -1.53. The third-order valence-corrected chi connectivity index (χ3v) is 4.75. The van der Waals surface area contributed by atoms with E-state index in [0.717, 1.165) is 60.7 Å². The van der Waals surface area contributed by atoms with Crippen LogP contribution in [0.4, 0.5) is 0 Å². The van der Waals surface area contributed by atoms with Crippen LogP contribution in [0.2, 0.25) is 0 Å². The van der Waals surface area contributed by atoms with Crippen molar-refractivity contribution >= 4 is 17.0 Å². The van der Waals surface area contributed by atoms with Gasteiger partial charge in [-0.3, -0.25) is 0 Å². The van der Waals surface area contributed by atoms with Crippen LogP contribution in [-0.4, -0.2) is 21.2 Å². The molecule has 1 aliphatic heterocycles. The van der Waals surface area contributed by atoms with Gasteiger partial charge in [0.2, 0.25) is 0 Å². The number of nitrogens with one attached hydrogen (secondary N) is 1. The fraction of sp³-hybridized carbons (Fsp3) is 0.471. The summed E-state index contributed by atoms with van der Waals surface area (Å²) in [5.74, 6) is 1.67. The number of nitrogens with zero attached hydrogens (tertiary/aromatic N) is 1. The van der Waals surface area contributed by atoms with Crippen molar-refractivity contribution in [3.8, 4) is 11.5 Å². The molecule has 5 nitrogen and oxygen atoms in total. The van der Waals surface area contributed by atoms with Crippen LogP contribution < -0.4 is 5.32 Å². The Morgan fingerprint density at radius 3 is 2.87 bits per heavy atom. The molecule has 2 aliphatic rings. The highest BCUT2D eigenvalue weighted by Crippen LogP contribution is 2.44. The number of phenolic OH excluding ortho intramolecular Hbond substituents is 2. The Morgan fingerprint density at radius 2 is 2.09 bits per heavy atom. The molecule has 0 unspecified atom stereocenters. The summed E-state index contributed by atoms with van der Waals surface area (Å²) in [5, 5.41) is 23.2. The van der Waals surface area contributed by atoms with Gasteiger partial charge >= 0.3 is 0 Å². The van der Waals surface area contributed by atoms with Gasteiger partial charge in [-0.25, -0.2) is 4.98 Å². The number of halogens is 1. The van der Waals surface area contributed by atoms with Crippen LogP contribution in [0.15, 0.2) is 16.5 Å². The summed E-state index contributed by atoms with van der Waals surface area (Å²) in [7, 11) is 0. The minimum atomic E-state index is -0.0696. The zero-order chi connectivity index (χ0) is 15.3. The fourth-order valence-electron chi connectivity index (χ4n) is 3.71. The van der Waals surface area contributed by atoms with Gasteiger partial charge in [0.1, 0.15) is 5.76 Å². The molecule has 1 aliphatic carbocycles. The van der Waals surface area contributed by atoms with Crippen LogP contribution >= 0.6 is 17.0 Å². The summed E-state index contributed by atoms with van der Waals surface area (Å²) >= 11 is 0. The van der Waals surface area contributed by atoms with Crippen LogP contribution in [-0.2, 0) is 19.4 Å². The minimum absolute atomic E-state index is 0. The van der Waals surface area contributed by atoms with Crippen LogP contribution in [0.5, 0.6) is 11.5 Å². The summed E-state index contributed by atoms with van der Waals surface area (Å²) in [5.41, 5.74) is 3.10. The van der Waals surface area contributed by atoms with Gasteiger partial charge in [-0.15, -0.1) is 17.0 Å². The Kier molecular flexibility index (Phi) is 4.38. The predicted octanol–water partition coefficient (Wildman–Crippen LogP) is 3.17. The Bertz CT molecular complexity index is 729. The van der Waals surface area contributed by atoms with E-state index in [9.17, 15) is 10.2 Å². The van der Waals surface area contributed by atoms with Crippen LogP contribution in [0.3, 0.4) is 0 Å². The van der Waals surface area contributed by atoms with E-state index < -0.39 is 0 Å². The van der Waals surface area contributed by atoms with E-state index in [-0.39, 0.29) is 34.4 Å². The molecule has 0 saturated heterocycles. The van der Waals surface area contributed by atoms with Gasteiger partial charge in [0, 0.05) is 19.0 Å². The van der Waals surface area contributed by atoms with Crippen LogP contribution in [0.1, 0.15) is 54.2 Å². The predicted molar refractivity (Wildman–Crippen MR) is 91.4 cm³/mol. The molecule has 0 radical (unpaired) electrons. The first-order valence-corrected chi connectivity index (χ1v) is 7.94. The van der Waals surface area contributed by atoms with Crippen molar-refractivity contribution in [3.63, 3.8) is 0 Å². The van der Waals surface area contributed by atoms with E-state index in [0.29, 0.717) is 6.04 Å². The van der Waals surface area contributed by atoms with E-state index in [2.05, 4.69) is 17.2 Å². The maximum Gasteiger partial charge on any atom is 0.194 e. The number of rotatable bonds is 2. The standard InChI is InChI=1S/C17H20N2O3.BrH/c1-2-3-15-19-12-8-18-11-5-4-9-6-13(20)14(21)7-10(9)16(11)17(12)22-15;/h6-7,11,16,18,20-21H,2-5,8H2,1H3;1H/t11-,16-;/m1./s1. The molecule has 4 rings (SSSR count). The van der Waals surface area contributed by atoms with Crippen molar-refractivity contribution < 1.29 is 14.6 Å². The van der Waals surface area contributed by atoms with Crippen molar-refractivity contribution in [1.82, 2.24) is 10.3 Å². The highest BCUT2D eigenvalue weighted by Gasteiger charge is 2.39. The van der Waals surface area contributed by atoms with Crippen LogP contribution in [0.25, 0.3) is 0 Å². The fourth-order valence-corrected chi connectivity index (χ4v) is 3.71. The van der Waals surface area contributed by atoms with Crippen molar-refractivity contribution in [2.45, 2.75) is 51.1 Å². The molecule has 0 spiro atoms. The topological polar surface area (TPSA) is 78.5 Å². The summed E-state index contributed by atoms with van der Waals surface area (Å²) in [4.78, 5) is 4.60. The lowest BCUT2D eigenvalue weighted by Gasteiger charge is -2.36. The summed E-state index contributed by atoms with van der Waals surface area (Å²) in [6.07, 6.45) is 3.73. The summed E-state index contributed by atoms with van der Waals surface area (Å²) < 4.78 is 6.05. The largest absolute Gasteiger partial charge is 0.504 e. The number of hydrogen-bond acceptors (Lipinski definition) is 5. The molecule has 0 saturated carbocycles. The average Bonchev–Trinajstić information content (AvgIpc) is 2.91. The van der Waals surface area contributed by atoms with Crippen molar-refractivity contribution in [3.05, 3.63) is 40.6 Å². The van der Waals surface area contributed by atoms with Gasteiger partial charge in [0.05, 0.1) is 11.6 Å². The quantitative estimate of drug-likeness (QED) is 0.697. The SMILES string of the molecule is Br.CCCc1nc2c(o1)[C@@H]1c3cc(O)c(O)cc3CC[C@H]1NC2. The number of benzene rings is 1. The zero-order valence-electron chi connectivity index (χ0n) is 13.0. The normalized spacial score (nSPS) is 21.8. The Morgan fingerprint density at radius 1 is 1.30 bits per heavy atom. The van der Waals surface area contributed by atoms with E-state index in [4.69, 9.17) is 4.42 Å². The second-order valence-electron chi connectivity index (χ2n) is 6.21. The van der Waals surface area contributed by atoms with Gasteiger partial charge in [-0.1, -0.05) is 6.92 Å². The highest BCUT2D eigenvalue weighted by atomic mass is 79.9. The lowest BCUT2D eigenvalue weighted by molar-refractivity contribution is 0.331. The molecule has 124 valence electrons. The molecule has 1 aromatic carbocycles. The van der Waals surface area contributed by atoms with Crippen molar-refractivity contribution in [2.75, 3.05) is 0 Å². The molecular weight excluding hydrogens is 360 g/mol. The van der Waals surface area contributed by atoms with E-state index >= 15 is 0 Å². The molecule has 3 N–H and O–H groups in total.